The summed E-state index contributed by atoms with van der Waals surface area (Å²) in [5.74, 6) is -0.0209. The minimum Gasteiger partial charge on any atom is -0.389 e. The summed E-state index contributed by atoms with van der Waals surface area (Å²) >= 11 is 0. The van der Waals surface area contributed by atoms with Crippen LogP contribution in [0.5, 0.6) is 0 Å². The number of phosphoric acid groups is 3. The molecule has 1 aromatic rings. The third-order valence-electron chi connectivity index (χ3n) is 3.53. The van der Waals surface area contributed by atoms with E-state index in [1.54, 1.807) is 13.8 Å². The lowest BCUT2D eigenvalue weighted by molar-refractivity contribution is -0.0604. The molecule has 20 heteroatoms. The summed E-state index contributed by atoms with van der Waals surface area (Å²) in [4.78, 5) is 56.8. The first-order chi connectivity index (χ1) is 14.6. The molecule has 0 spiro atoms. The number of phosphoric ester groups is 1. The number of anilines is 1. The van der Waals surface area contributed by atoms with Gasteiger partial charge in [0.25, 0.3) is 0 Å². The minimum absolute atomic E-state index is 0.0205. The van der Waals surface area contributed by atoms with Gasteiger partial charge in [-0.1, -0.05) is 5.16 Å². The third kappa shape index (κ3) is 8.46. The van der Waals surface area contributed by atoms with Gasteiger partial charge in [-0.3, -0.25) is 9.09 Å². The minimum atomic E-state index is -5.67. The zero-order valence-electron chi connectivity index (χ0n) is 16.5. The number of nitrogen functional groups attached to an aromatic ring is 1. The second kappa shape index (κ2) is 10.2. The zero-order chi connectivity index (χ0) is 24.3. The molecule has 0 aliphatic carbocycles. The van der Waals surface area contributed by atoms with Crippen LogP contribution in [0.2, 0.25) is 0 Å². The van der Waals surface area contributed by atoms with E-state index in [0.717, 1.165) is 4.57 Å². The van der Waals surface area contributed by atoms with E-state index >= 15 is 0 Å². The lowest BCUT2D eigenvalue weighted by Crippen LogP contribution is -2.29. The number of ether oxygens (including phenoxy) is 1. The average Bonchev–Trinajstić information content (AvgIpc) is 2.98. The monoisotopic (exact) mass is 522 g/mol. The van der Waals surface area contributed by atoms with Gasteiger partial charge < -0.3 is 34.9 Å². The van der Waals surface area contributed by atoms with E-state index in [1.165, 1.54) is 12.3 Å². The third-order valence-corrected chi connectivity index (χ3v) is 7.33. The first kappa shape index (κ1) is 26.8. The van der Waals surface area contributed by atoms with Crippen molar-refractivity contribution in [2.75, 3.05) is 12.3 Å². The van der Waals surface area contributed by atoms with E-state index < -0.39 is 54.2 Å². The molecule has 0 bridgehead atoms. The van der Waals surface area contributed by atoms with Crippen LogP contribution in [0.4, 0.5) is 5.82 Å². The number of oxime groups is 1. The standard InChI is InChI=1S/C12H21N4O13P3/c1-7(2)15-27-8-5-11(16-4-3-10(13)14-12(16)17)26-9(8)6-25-31(21,22)29-32(23,24)28-30(18,19)20/h3-4,8-9,11H,5-6H2,1-2H3,(H,21,22)(H,23,24)(H2,13,14,17)(H2,18,19,20)/t8-,9+,11+/m0/s1. The van der Waals surface area contributed by atoms with Crippen LogP contribution in [-0.4, -0.2) is 53.7 Å². The van der Waals surface area contributed by atoms with Crippen molar-refractivity contribution in [3.8, 4) is 0 Å². The van der Waals surface area contributed by atoms with E-state index in [9.17, 15) is 28.3 Å². The van der Waals surface area contributed by atoms with E-state index in [-0.39, 0.29) is 12.2 Å². The molecule has 0 amide bonds. The molecular formula is C12H21N4O13P3. The largest absolute Gasteiger partial charge is 0.490 e. The maximum Gasteiger partial charge on any atom is 0.490 e. The van der Waals surface area contributed by atoms with Crippen LogP contribution in [0.25, 0.3) is 0 Å². The number of aromatic nitrogens is 2. The number of nitrogens with zero attached hydrogens (tertiary/aromatic N) is 3. The molecule has 1 aliphatic heterocycles. The Balaban J connectivity index is 2.13. The summed E-state index contributed by atoms with van der Waals surface area (Å²) in [7, 11) is -16.6. The maximum absolute atomic E-state index is 12.0. The lowest BCUT2D eigenvalue weighted by Gasteiger charge is -2.20. The molecule has 1 fully saturated rings. The second-order valence-electron chi connectivity index (χ2n) is 6.48. The van der Waals surface area contributed by atoms with Crippen molar-refractivity contribution in [1.29, 1.82) is 0 Å². The van der Waals surface area contributed by atoms with Crippen molar-refractivity contribution in [2.45, 2.75) is 38.7 Å². The number of hydrogen-bond acceptors (Lipinski definition) is 12. The van der Waals surface area contributed by atoms with Gasteiger partial charge in [0.15, 0.2) is 6.10 Å². The molecule has 32 heavy (non-hydrogen) atoms. The van der Waals surface area contributed by atoms with E-state index in [4.69, 9.17) is 25.1 Å². The Kier molecular flexibility index (Phi) is 8.53. The van der Waals surface area contributed by atoms with Gasteiger partial charge >= 0.3 is 29.2 Å². The highest BCUT2D eigenvalue weighted by Gasteiger charge is 2.44. The molecule has 6 N–H and O–H groups in total. The smallest absolute Gasteiger partial charge is 0.389 e. The van der Waals surface area contributed by atoms with Crippen LogP contribution in [0.3, 0.4) is 0 Å². The number of nitrogens with two attached hydrogens (primary N) is 1. The van der Waals surface area contributed by atoms with Crippen LogP contribution < -0.4 is 11.4 Å². The molecule has 17 nitrogen and oxygen atoms in total. The van der Waals surface area contributed by atoms with Gasteiger partial charge in [-0.2, -0.15) is 13.6 Å². The molecule has 5 atom stereocenters. The SMILES string of the molecule is CC(C)=NO[C@H]1C[C@H](n2ccc(N)nc2=O)O[C@@H]1COP(=O)(O)OP(=O)(O)OP(=O)(O)O. The predicted molar refractivity (Wildman–Crippen MR) is 105 cm³/mol. The molecule has 2 unspecified atom stereocenters. The van der Waals surface area contributed by atoms with Crippen molar-refractivity contribution in [1.82, 2.24) is 9.55 Å². The normalized spacial score (nSPS) is 25.0. The van der Waals surface area contributed by atoms with Gasteiger partial charge in [0.05, 0.1) is 12.3 Å². The lowest BCUT2D eigenvalue weighted by atomic mass is 10.2. The Morgan fingerprint density at radius 1 is 1.25 bits per heavy atom. The van der Waals surface area contributed by atoms with Crippen molar-refractivity contribution >= 4 is 35.0 Å². The molecule has 0 aromatic carbocycles. The zero-order valence-corrected chi connectivity index (χ0v) is 19.2. The highest BCUT2D eigenvalue weighted by Crippen LogP contribution is 2.66. The van der Waals surface area contributed by atoms with E-state index in [0.29, 0.717) is 5.71 Å². The van der Waals surface area contributed by atoms with Crippen LogP contribution in [0.1, 0.15) is 26.5 Å². The van der Waals surface area contributed by atoms with Gasteiger partial charge in [0.1, 0.15) is 18.1 Å². The van der Waals surface area contributed by atoms with Crippen molar-refractivity contribution < 1.29 is 56.0 Å². The summed E-state index contributed by atoms with van der Waals surface area (Å²) in [6, 6.07) is 1.34. The molecule has 0 saturated carbocycles. The van der Waals surface area contributed by atoms with Crippen molar-refractivity contribution in [3.05, 3.63) is 22.7 Å². The van der Waals surface area contributed by atoms with Crippen LogP contribution in [0.15, 0.2) is 22.2 Å². The summed E-state index contributed by atoms with van der Waals surface area (Å²) in [5, 5.41) is 3.77. The summed E-state index contributed by atoms with van der Waals surface area (Å²) < 4.78 is 52.6. The van der Waals surface area contributed by atoms with Crippen molar-refractivity contribution in [2.24, 2.45) is 5.16 Å². The maximum atomic E-state index is 12.0. The fraction of sp³-hybridized carbons (Fsp3) is 0.583. The van der Waals surface area contributed by atoms with Gasteiger partial charge in [-0.05, 0) is 19.9 Å². The Bertz CT molecular complexity index is 1050. The average molecular weight is 522 g/mol. The van der Waals surface area contributed by atoms with Gasteiger partial charge in [-0.15, -0.1) is 0 Å². The predicted octanol–water partition coefficient (Wildman–Crippen LogP) is 0.237. The van der Waals surface area contributed by atoms with Gasteiger partial charge in [0, 0.05) is 12.6 Å². The highest BCUT2D eigenvalue weighted by molar-refractivity contribution is 7.66. The Morgan fingerprint density at radius 2 is 1.91 bits per heavy atom. The molecule has 1 saturated heterocycles. The molecule has 1 aliphatic rings. The summed E-state index contributed by atoms with van der Waals surface area (Å²) in [6.07, 6.45) is -1.68. The summed E-state index contributed by atoms with van der Waals surface area (Å²) in [5.41, 5.74) is 5.22. The first-order valence-corrected chi connectivity index (χ1v) is 13.0. The van der Waals surface area contributed by atoms with Gasteiger partial charge in [-0.25, -0.2) is 18.5 Å². The summed E-state index contributed by atoms with van der Waals surface area (Å²) in [6.45, 7) is 2.48. The Hall–Kier alpha value is -1.48. The molecule has 182 valence electrons. The quantitative estimate of drug-likeness (QED) is 0.157. The van der Waals surface area contributed by atoms with Crippen LogP contribution in [-0.2, 0) is 36.4 Å². The second-order valence-corrected chi connectivity index (χ2v) is 10.9. The fourth-order valence-corrected chi connectivity index (χ4v) is 5.45. The van der Waals surface area contributed by atoms with Crippen LogP contribution >= 0.6 is 23.5 Å². The molecule has 1 aromatic heterocycles. The number of rotatable bonds is 10. The van der Waals surface area contributed by atoms with Crippen molar-refractivity contribution in [3.63, 3.8) is 0 Å². The molecule has 2 rings (SSSR count). The van der Waals surface area contributed by atoms with E-state index in [2.05, 4.69) is 23.3 Å². The molecule has 0 radical (unpaired) electrons. The topological polar surface area (TPSA) is 252 Å². The first-order valence-electron chi connectivity index (χ1n) is 8.52. The Labute approximate surface area is 180 Å². The molecular weight excluding hydrogens is 501 g/mol. The number of hydrogen-bond donors (Lipinski definition) is 5. The van der Waals surface area contributed by atoms with E-state index in [1.807, 2.05) is 0 Å². The Morgan fingerprint density at radius 3 is 2.47 bits per heavy atom. The van der Waals surface area contributed by atoms with Crippen LogP contribution in [0, 0.1) is 0 Å². The highest BCUT2D eigenvalue weighted by atomic mass is 31.3. The molecule has 2 heterocycles. The van der Waals surface area contributed by atoms with Gasteiger partial charge in [0.2, 0.25) is 0 Å². The fourth-order valence-electron chi connectivity index (χ4n) is 2.42.